The third-order valence-corrected chi connectivity index (χ3v) is 5.89. The van der Waals surface area contributed by atoms with Crippen LogP contribution in [0.15, 0.2) is 34.0 Å². The Kier molecular flexibility index (Phi) is 5.71. The van der Waals surface area contributed by atoms with Crippen molar-refractivity contribution in [3.63, 3.8) is 0 Å². The maximum Gasteiger partial charge on any atom is 0.328 e. The van der Waals surface area contributed by atoms with Crippen LogP contribution in [0.4, 0.5) is 0 Å². The van der Waals surface area contributed by atoms with Gasteiger partial charge in [0.05, 0.1) is 18.8 Å². The van der Waals surface area contributed by atoms with Crippen molar-refractivity contribution in [2.75, 3.05) is 7.11 Å². The molecule has 3 aromatic heterocycles. The van der Waals surface area contributed by atoms with Gasteiger partial charge in [0, 0.05) is 15.8 Å². The minimum absolute atomic E-state index is 0.138. The van der Waals surface area contributed by atoms with Crippen LogP contribution < -0.4 is 10.9 Å². The number of nitrogens with zero attached hydrogens (tertiary/aromatic N) is 2. The molecule has 3 aromatic rings. The van der Waals surface area contributed by atoms with Crippen LogP contribution in [0.1, 0.15) is 13.8 Å². The van der Waals surface area contributed by atoms with Crippen LogP contribution in [0.3, 0.4) is 0 Å². The average Bonchev–Trinajstić information content (AvgIpc) is 3.30. The van der Waals surface area contributed by atoms with Crippen molar-refractivity contribution in [2.45, 2.75) is 26.4 Å². The topological polar surface area (TPSA) is 90.3 Å². The molecule has 0 radical (unpaired) electrons. The van der Waals surface area contributed by atoms with Gasteiger partial charge in [-0.15, -0.1) is 22.7 Å². The van der Waals surface area contributed by atoms with E-state index in [9.17, 15) is 14.4 Å². The molecule has 0 fully saturated rings. The molecule has 1 amide bonds. The van der Waals surface area contributed by atoms with Gasteiger partial charge in [-0.3, -0.25) is 14.2 Å². The summed E-state index contributed by atoms with van der Waals surface area (Å²) in [4.78, 5) is 43.0. The first-order valence-corrected chi connectivity index (χ1v) is 10.1. The van der Waals surface area contributed by atoms with Crippen molar-refractivity contribution >= 4 is 44.8 Å². The summed E-state index contributed by atoms with van der Waals surface area (Å²) in [5, 5.41) is 6.98. The molecule has 1 atom stereocenters. The molecule has 7 nitrogen and oxygen atoms in total. The lowest BCUT2D eigenvalue weighted by Gasteiger charge is -2.20. The van der Waals surface area contributed by atoms with Crippen molar-refractivity contribution in [1.29, 1.82) is 0 Å². The number of carbonyl (C=O) groups excluding carboxylic acids is 2. The number of nitrogens with one attached hydrogen (secondary N) is 1. The summed E-state index contributed by atoms with van der Waals surface area (Å²) in [5.41, 5.74) is 0.547. The minimum Gasteiger partial charge on any atom is -0.467 e. The SMILES string of the molecule is COC(=O)[C@@H](NC(=O)Cn1cnc2scc(-c3cccs3)c2c1=O)C(C)C. The van der Waals surface area contributed by atoms with E-state index in [1.54, 1.807) is 25.2 Å². The standard InChI is InChI=1S/C18H19N3O4S2/c1-10(2)15(18(24)25-3)20-13(22)7-21-9-19-16-14(17(21)23)11(8-27-16)12-5-4-6-26-12/h4-6,8-10,15H,7H2,1-3H3,(H,20,22)/t15-/m0/s1. The van der Waals surface area contributed by atoms with Crippen LogP contribution in [0, 0.1) is 5.92 Å². The van der Waals surface area contributed by atoms with E-state index in [2.05, 4.69) is 10.3 Å². The molecule has 0 unspecified atom stereocenters. The highest BCUT2D eigenvalue weighted by Gasteiger charge is 2.25. The average molecular weight is 406 g/mol. The molecule has 142 valence electrons. The molecule has 3 heterocycles. The predicted molar refractivity (Wildman–Crippen MR) is 106 cm³/mol. The van der Waals surface area contributed by atoms with E-state index >= 15 is 0 Å². The number of hydrogen-bond donors (Lipinski definition) is 1. The number of amides is 1. The number of fused-ring (bicyclic) bond motifs is 1. The fourth-order valence-electron chi connectivity index (χ4n) is 2.69. The Hall–Kier alpha value is -2.52. The van der Waals surface area contributed by atoms with Crippen molar-refractivity contribution in [3.05, 3.63) is 39.6 Å². The highest BCUT2D eigenvalue weighted by molar-refractivity contribution is 7.18. The molecule has 1 N–H and O–H groups in total. The van der Waals surface area contributed by atoms with Crippen LogP contribution in [-0.4, -0.2) is 34.6 Å². The number of hydrogen-bond acceptors (Lipinski definition) is 7. The first-order chi connectivity index (χ1) is 12.9. The Morgan fingerprint density at radius 3 is 2.74 bits per heavy atom. The lowest BCUT2D eigenvalue weighted by Crippen LogP contribution is -2.46. The van der Waals surface area contributed by atoms with Crippen LogP contribution >= 0.6 is 22.7 Å². The number of rotatable bonds is 6. The molecule has 0 aliphatic heterocycles. The smallest absolute Gasteiger partial charge is 0.328 e. The van der Waals surface area contributed by atoms with Gasteiger partial charge in [0.1, 0.15) is 17.4 Å². The highest BCUT2D eigenvalue weighted by atomic mass is 32.1. The molecule has 27 heavy (non-hydrogen) atoms. The third kappa shape index (κ3) is 3.93. The Balaban J connectivity index is 1.88. The maximum absolute atomic E-state index is 12.9. The summed E-state index contributed by atoms with van der Waals surface area (Å²) < 4.78 is 5.98. The van der Waals surface area contributed by atoms with E-state index in [4.69, 9.17) is 4.74 Å². The Labute approximate surface area is 163 Å². The summed E-state index contributed by atoms with van der Waals surface area (Å²) in [6.45, 7) is 3.39. The quantitative estimate of drug-likeness (QED) is 0.637. The number of methoxy groups -OCH3 is 1. The molecule has 0 aliphatic rings. The van der Waals surface area contributed by atoms with Gasteiger partial charge in [0.15, 0.2) is 0 Å². The lowest BCUT2D eigenvalue weighted by molar-refractivity contribution is -0.146. The Morgan fingerprint density at radius 2 is 2.11 bits per heavy atom. The molecule has 0 spiro atoms. The number of aromatic nitrogens is 2. The zero-order valence-electron chi connectivity index (χ0n) is 15.1. The summed E-state index contributed by atoms with van der Waals surface area (Å²) in [6.07, 6.45) is 1.36. The predicted octanol–water partition coefficient (Wildman–Crippen LogP) is 2.50. The number of carbonyl (C=O) groups is 2. The van der Waals surface area contributed by atoms with Gasteiger partial charge in [-0.05, 0) is 17.4 Å². The van der Waals surface area contributed by atoms with Gasteiger partial charge in [0.2, 0.25) is 5.91 Å². The normalized spacial score (nSPS) is 12.3. The zero-order chi connectivity index (χ0) is 19.6. The van der Waals surface area contributed by atoms with Gasteiger partial charge in [-0.25, -0.2) is 9.78 Å². The van der Waals surface area contributed by atoms with Gasteiger partial charge >= 0.3 is 5.97 Å². The molecule has 0 aromatic carbocycles. The summed E-state index contributed by atoms with van der Waals surface area (Å²) in [7, 11) is 1.27. The monoisotopic (exact) mass is 405 g/mol. The van der Waals surface area contributed by atoms with Crippen molar-refractivity contribution in [2.24, 2.45) is 5.92 Å². The third-order valence-electron chi connectivity index (χ3n) is 4.10. The minimum atomic E-state index is -0.766. The molecule has 0 saturated carbocycles. The van der Waals surface area contributed by atoms with Crippen LogP contribution in [0.2, 0.25) is 0 Å². The van der Waals surface area contributed by atoms with E-state index in [-0.39, 0.29) is 18.0 Å². The molecule has 0 saturated heterocycles. The number of thiophene rings is 2. The van der Waals surface area contributed by atoms with Gasteiger partial charge in [-0.2, -0.15) is 0 Å². The second-order valence-corrected chi connectivity index (χ2v) is 8.10. The first-order valence-electron chi connectivity index (χ1n) is 8.30. The molecule has 0 aliphatic carbocycles. The molecule has 3 rings (SSSR count). The number of esters is 1. The first kappa shape index (κ1) is 19.2. The fourth-order valence-corrected chi connectivity index (χ4v) is 4.41. The van der Waals surface area contributed by atoms with Crippen LogP contribution in [-0.2, 0) is 20.9 Å². The Morgan fingerprint density at radius 1 is 1.33 bits per heavy atom. The van der Waals surface area contributed by atoms with E-state index < -0.39 is 17.9 Å². The molecular weight excluding hydrogens is 386 g/mol. The second-order valence-electron chi connectivity index (χ2n) is 6.30. The largest absolute Gasteiger partial charge is 0.467 e. The summed E-state index contributed by atoms with van der Waals surface area (Å²) in [5.74, 6) is -1.10. The molecule has 9 heteroatoms. The maximum atomic E-state index is 12.9. The van der Waals surface area contributed by atoms with Gasteiger partial charge in [0.25, 0.3) is 5.56 Å². The van der Waals surface area contributed by atoms with Gasteiger partial charge in [-0.1, -0.05) is 19.9 Å². The van der Waals surface area contributed by atoms with Crippen molar-refractivity contribution in [3.8, 4) is 10.4 Å². The number of ether oxygens (including phenoxy) is 1. The molecular formula is C18H19N3O4S2. The van der Waals surface area contributed by atoms with E-state index in [1.807, 2.05) is 22.9 Å². The highest BCUT2D eigenvalue weighted by Crippen LogP contribution is 2.33. The summed E-state index contributed by atoms with van der Waals surface area (Å²) >= 11 is 2.94. The van der Waals surface area contributed by atoms with E-state index in [1.165, 1.54) is 29.3 Å². The fraction of sp³-hybridized carbons (Fsp3) is 0.333. The van der Waals surface area contributed by atoms with Crippen molar-refractivity contribution in [1.82, 2.24) is 14.9 Å². The van der Waals surface area contributed by atoms with E-state index in [0.29, 0.717) is 10.2 Å². The lowest BCUT2D eigenvalue weighted by atomic mass is 10.0. The van der Waals surface area contributed by atoms with Crippen molar-refractivity contribution < 1.29 is 14.3 Å². The van der Waals surface area contributed by atoms with Crippen LogP contribution in [0.25, 0.3) is 20.7 Å². The second kappa shape index (κ2) is 8.01. The summed E-state index contributed by atoms with van der Waals surface area (Å²) in [6, 6.07) is 3.10. The van der Waals surface area contributed by atoms with E-state index in [0.717, 1.165) is 10.4 Å². The molecule has 0 bridgehead atoms. The zero-order valence-corrected chi connectivity index (χ0v) is 16.7. The van der Waals surface area contributed by atoms with Gasteiger partial charge < -0.3 is 10.1 Å². The Bertz CT molecular complexity index is 1020. The van der Waals surface area contributed by atoms with Crippen LogP contribution in [0.5, 0.6) is 0 Å².